The molecule has 9 rings (SSSR count). The number of hydrogen-bond acceptors (Lipinski definition) is 10. The van der Waals surface area contributed by atoms with Crippen molar-refractivity contribution in [2.75, 3.05) is 26.8 Å². The largest absolute Gasteiger partial charge is 0.504 e. The highest BCUT2D eigenvalue weighted by molar-refractivity contribution is 5.89. The van der Waals surface area contributed by atoms with Crippen molar-refractivity contribution in [2.45, 2.75) is 126 Å². The molecule has 346 valence electrons. The van der Waals surface area contributed by atoms with Crippen molar-refractivity contribution in [2.24, 2.45) is 46.7 Å². The number of benzene rings is 3. The molecule has 0 unspecified atom stereocenters. The zero-order valence-corrected chi connectivity index (χ0v) is 38.0. The van der Waals surface area contributed by atoms with Gasteiger partial charge in [0.05, 0.1) is 25.1 Å². The molecule has 0 radical (unpaired) electrons. The van der Waals surface area contributed by atoms with Crippen LogP contribution in [-0.4, -0.2) is 77.0 Å². The quantitative estimate of drug-likeness (QED) is 0.0914. The van der Waals surface area contributed by atoms with Crippen LogP contribution in [0.25, 0.3) is 10.8 Å². The first-order valence-corrected chi connectivity index (χ1v) is 24.6. The SMILES string of the molecule is COc1cc2c(cc1O)[C@@H](CC[C@H](O)C[C@H](C1=CCNC(N)=C1)c1ccc3ccccc3c1)C#C[C@@]1(CC[C@H]([C@H]3C[C@H]4CN[C@@H]5CC(=O)CC[C@@H]5[C@H]4C[C@@H]3CCCO)C[C@H]1O)C(=O)CC2. The predicted molar refractivity (Wildman–Crippen MR) is 253 cm³/mol. The number of aliphatic hydroxyl groups is 3. The third-order valence-electron chi connectivity index (χ3n) is 16.9. The number of carbonyl (C=O) groups excluding carboxylic acids is 2. The number of fused-ring (bicyclic) bond motifs is 5. The van der Waals surface area contributed by atoms with Crippen molar-refractivity contribution in [1.82, 2.24) is 10.6 Å². The van der Waals surface area contributed by atoms with Crippen LogP contribution in [0.1, 0.15) is 118 Å². The number of dihydropyridines is 1. The van der Waals surface area contributed by atoms with Crippen LogP contribution in [0, 0.1) is 52.8 Å². The molecule has 0 aromatic heterocycles. The second-order valence-corrected chi connectivity index (χ2v) is 20.4. The molecule has 1 spiro atoms. The maximum absolute atomic E-state index is 14.6. The number of carbonyl (C=O) groups is 2. The summed E-state index contributed by atoms with van der Waals surface area (Å²) in [6.07, 6.45) is 12.5. The first-order valence-electron chi connectivity index (χ1n) is 24.6. The molecule has 8 N–H and O–H groups in total. The molecule has 10 heteroatoms. The molecular weight excluding hydrogens is 815 g/mol. The fraction of sp³-hybridized carbons (Fsp3) is 0.564. The summed E-state index contributed by atoms with van der Waals surface area (Å²) in [7, 11) is 1.52. The normalized spacial score (nSPS) is 32.2. The number of Topliss-reactive ketones (excluding diaryl/α,β-unsaturated/α-hetero) is 2. The number of hydrogen-bond donors (Lipinski definition) is 7. The van der Waals surface area contributed by atoms with Crippen molar-refractivity contribution in [1.29, 1.82) is 0 Å². The number of ketones is 2. The third kappa shape index (κ3) is 9.50. The van der Waals surface area contributed by atoms with E-state index in [2.05, 4.69) is 58.9 Å². The van der Waals surface area contributed by atoms with Crippen LogP contribution in [0.2, 0.25) is 0 Å². The number of piperidine rings is 1. The molecule has 3 saturated carbocycles. The second-order valence-electron chi connectivity index (χ2n) is 20.4. The van der Waals surface area contributed by atoms with E-state index in [9.17, 15) is 30.0 Å². The Labute approximate surface area is 384 Å². The topological polar surface area (TPSA) is 174 Å². The van der Waals surface area contributed by atoms with E-state index in [4.69, 9.17) is 10.5 Å². The Hall–Kier alpha value is -4.66. The maximum atomic E-state index is 14.6. The van der Waals surface area contributed by atoms with Crippen LogP contribution >= 0.6 is 0 Å². The number of phenolic OH excluding ortho intramolecular Hbond substituents is 1. The predicted octanol–water partition coefficient (Wildman–Crippen LogP) is 7.32. The smallest absolute Gasteiger partial charge is 0.160 e. The maximum Gasteiger partial charge on any atom is 0.160 e. The number of aliphatic hydroxyl groups excluding tert-OH is 3. The summed E-state index contributed by atoms with van der Waals surface area (Å²) < 4.78 is 5.54. The summed E-state index contributed by atoms with van der Waals surface area (Å²) >= 11 is 0. The Bertz CT molecular complexity index is 2360. The lowest BCUT2D eigenvalue weighted by molar-refractivity contribution is -0.136. The minimum Gasteiger partial charge on any atom is -0.504 e. The molecule has 12 atom stereocenters. The molecule has 0 amide bonds. The number of ether oxygens (including phenoxy) is 1. The van der Waals surface area contributed by atoms with Crippen molar-refractivity contribution < 1.29 is 34.8 Å². The van der Waals surface area contributed by atoms with E-state index in [0.717, 1.165) is 78.1 Å². The van der Waals surface area contributed by atoms with Gasteiger partial charge in [-0.2, -0.15) is 0 Å². The molecule has 2 heterocycles. The average molecular weight is 884 g/mol. The van der Waals surface area contributed by atoms with Crippen molar-refractivity contribution >= 4 is 22.3 Å². The lowest BCUT2D eigenvalue weighted by atomic mass is 9.54. The van der Waals surface area contributed by atoms with Crippen LogP contribution in [0.3, 0.4) is 0 Å². The molecule has 2 aliphatic heterocycles. The number of allylic oxidation sites excluding steroid dienone is 2. The second kappa shape index (κ2) is 19.7. The van der Waals surface area contributed by atoms with E-state index in [1.165, 1.54) is 7.11 Å². The molecule has 0 bridgehead atoms. The summed E-state index contributed by atoms with van der Waals surface area (Å²) in [6, 6.07) is 18.6. The Morgan fingerprint density at radius 3 is 2.60 bits per heavy atom. The van der Waals surface area contributed by atoms with Gasteiger partial charge in [0.2, 0.25) is 0 Å². The Morgan fingerprint density at radius 1 is 0.954 bits per heavy atom. The van der Waals surface area contributed by atoms with Gasteiger partial charge in [-0.15, -0.1) is 0 Å². The number of nitrogens with two attached hydrogens (primary N) is 1. The van der Waals surface area contributed by atoms with Gasteiger partial charge >= 0.3 is 0 Å². The monoisotopic (exact) mass is 884 g/mol. The van der Waals surface area contributed by atoms with E-state index in [-0.39, 0.29) is 42.4 Å². The van der Waals surface area contributed by atoms with Crippen molar-refractivity contribution in [3.8, 4) is 23.3 Å². The van der Waals surface area contributed by atoms with Crippen LogP contribution in [-0.2, 0) is 16.0 Å². The van der Waals surface area contributed by atoms with Gasteiger partial charge in [0.15, 0.2) is 17.3 Å². The molecule has 4 aliphatic carbocycles. The summed E-state index contributed by atoms with van der Waals surface area (Å²) in [6.45, 7) is 1.70. The number of methoxy groups -OCH3 is 1. The molecular formula is C55H69N3O7. The minimum absolute atomic E-state index is 0.00385. The fourth-order valence-electron chi connectivity index (χ4n) is 13.4. The molecule has 10 nitrogen and oxygen atoms in total. The highest BCUT2D eigenvalue weighted by Gasteiger charge is 2.53. The van der Waals surface area contributed by atoms with Gasteiger partial charge in [-0.1, -0.05) is 60.4 Å². The van der Waals surface area contributed by atoms with Gasteiger partial charge in [-0.3, -0.25) is 9.59 Å². The number of phenols is 1. The molecule has 6 aliphatic rings. The van der Waals surface area contributed by atoms with Crippen LogP contribution in [0.15, 0.2) is 78.1 Å². The summed E-state index contributed by atoms with van der Waals surface area (Å²) in [5.41, 5.74) is 8.94. The highest BCUT2D eigenvalue weighted by atomic mass is 16.5. The van der Waals surface area contributed by atoms with Gasteiger partial charge in [0.1, 0.15) is 11.2 Å². The van der Waals surface area contributed by atoms with Gasteiger partial charge < -0.3 is 41.5 Å². The van der Waals surface area contributed by atoms with Crippen LogP contribution in [0.5, 0.6) is 11.5 Å². The Kier molecular flexibility index (Phi) is 13.8. The average Bonchev–Trinajstić information content (AvgIpc) is 3.36. The van der Waals surface area contributed by atoms with Crippen LogP contribution < -0.4 is 21.1 Å². The summed E-state index contributed by atoms with van der Waals surface area (Å²) in [5, 5.41) is 54.6. The molecule has 4 fully saturated rings. The minimum atomic E-state index is -1.21. The molecule has 65 heavy (non-hydrogen) atoms. The van der Waals surface area contributed by atoms with E-state index in [1.807, 2.05) is 24.3 Å². The molecule has 1 saturated heterocycles. The van der Waals surface area contributed by atoms with E-state index in [1.54, 1.807) is 6.07 Å². The lowest BCUT2D eigenvalue weighted by Crippen LogP contribution is -2.57. The first kappa shape index (κ1) is 45.5. The van der Waals surface area contributed by atoms with Gasteiger partial charge in [-0.25, -0.2) is 0 Å². The van der Waals surface area contributed by atoms with Gasteiger partial charge in [-0.05, 0) is 170 Å². The van der Waals surface area contributed by atoms with E-state index in [0.29, 0.717) is 105 Å². The molecule has 3 aromatic rings. The zero-order valence-electron chi connectivity index (χ0n) is 38.0. The third-order valence-corrected chi connectivity index (χ3v) is 16.9. The summed E-state index contributed by atoms with van der Waals surface area (Å²) in [5.74, 6) is 10.5. The Morgan fingerprint density at radius 2 is 1.80 bits per heavy atom. The van der Waals surface area contributed by atoms with Crippen LogP contribution in [0.4, 0.5) is 0 Å². The van der Waals surface area contributed by atoms with Crippen molar-refractivity contribution in [3.63, 3.8) is 0 Å². The Balaban J connectivity index is 0.960. The highest BCUT2D eigenvalue weighted by Crippen LogP contribution is 2.54. The number of nitrogens with one attached hydrogen (secondary N) is 2. The van der Waals surface area contributed by atoms with E-state index < -0.39 is 23.5 Å². The fourth-order valence-corrected chi connectivity index (χ4v) is 13.4. The standard InChI is InChI=1S/C55H69N3O7/c1-65-51-26-38-11-15-52(63)55(20-17-39(27-53(55)64)45-25-41-32-58-49-30-43(61)13-14-44(49)48(41)24-36(45)7-4-22-59)19-16-34(47(38)31-50(51)62)10-12-42(60)29-46(40-18-21-57-54(56)28-40)37-9-8-33-5-2-3-6-35(33)23-37/h2-3,5-6,8-9,18,23,26,28,31,34,36,39,41-42,44-46,48-49,53,57-60,62,64H,4,7,10-15,17,20-22,24-25,27,29-30,32,56H2,1H3/t34-,36-,39-,41-,42-,44+,45-,46-,48-,49+,53+,55+/m0/s1. The van der Waals surface area contributed by atoms with Gasteiger partial charge in [0, 0.05) is 50.3 Å². The van der Waals surface area contributed by atoms with Gasteiger partial charge in [0.25, 0.3) is 0 Å². The number of rotatable bonds is 12. The number of aryl methyl sites for hydroxylation is 1. The lowest BCUT2D eigenvalue weighted by Gasteiger charge is -2.54. The first-order chi connectivity index (χ1) is 31.5. The number of aromatic hydroxyl groups is 1. The van der Waals surface area contributed by atoms with E-state index >= 15 is 0 Å². The van der Waals surface area contributed by atoms with Crippen molar-refractivity contribution in [3.05, 3.63) is 94.8 Å². The summed E-state index contributed by atoms with van der Waals surface area (Å²) in [4.78, 5) is 27.0. The zero-order chi connectivity index (χ0) is 45.2. The molecule has 3 aromatic carbocycles.